The fourth-order valence-corrected chi connectivity index (χ4v) is 2.86. The number of ether oxygens (including phenoxy) is 2. The summed E-state index contributed by atoms with van der Waals surface area (Å²) in [6, 6.07) is 13.2. The van der Waals surface area contributed by atoms with Crippen molar-refractivity contribution >= 4 is 17.6 Å². The molecule has 0 fully saturated rings. The van der Waals surface area contributed by atoms with Crippen LogP contribution in [0.1, 0.15) is 50.5 Å². The monoisotopic (exact) mass is 426 g/mol. The summed E-state index contributed by atoms with van der Waals surface area (Å²) in [5.74, 6) is 1.89. The van der Waals surface area contributed by atoms with Crippen LogP contribution in [0, 0.1) is 0 Å². The Balaban J connectivity index is 2.15. The molecule has 7 nitrogen and oxygen atoms in total. The lowest BCUT2D eigenvalue weighted by atomic mass is 10.1. The van der Waals surface area contributed by atoms with Crippen LogP contribution in [0.3, 0.4) is 0 Å². The molecule has 168 valence electrons. The van der Waals surface area contributed by atoms with E-state index < -0.39 is 0 Å². The van der Waals surface area contributed by atoms with Gasteiger partial charge in [0, 0.05) is 29.4 Å². The number of nitrogens with one attached hydrogen (secondary N) is 3. The second-order valence-corrected chi connectivity index (χ2v) is 8.02. The van der Waals surface area contributed by atoms with Crippen molar-refractivity contribution in [3.8, 4) is 11.5 Å². The molecule has 0 radical (unpaired) electrons. The number of hydrogen-bond donors (Lipinski definition) is 3. The van der Waals surface area contributed by atoms with Crippen LogP contribution in [-0.4, -0.2) is 37.7 Å². The molecule has 0 spiro atoms. The molecule has 1 amide bonds. The van der Waals surface area contributed by atoms with Crippen molar-refractivity contribution in [2.45, 2.75) is 46.7 Å². The maximum absolute atomic E-state index is 12.4. The maximum Gasteiger partial charge on any atom is 0.251 e. The Morgan fingerprint density at radius 2 is 1.84 bits per heavy atom. The van der Waals surface area contributed by atoms with Crippen LogP contribution >= 0.6 is 0 Å². The number of amides is 1. The van der Waals surface area contributed by atoms with E-state index in [0.717, 1.165) is 11.3 Å². The van der Waals surface area contributed by atoms with Gasteiger partial charge in [-0.3, -0.25) is 4.79 Å². The molecule has 0 aromatic heterocycles. The summed E-state index contributed by atoms with van der Waals surface area (Å²) in [6.45, 7) is 11.5. The number of rotatable bonds is 8. The number of hydrogen-bond acceptors (Lipinski definition) is 4. The van der Waals surface area contributed by atoms with Gasteiger partial charge in [0.25, 0.3) is 5.91 Å². The third-order valence-corrected chi connectivity index (χ3v) is 4.17. The summed E-state index contributed by atoms with van der Waals surface area (Å²) in [7, 11) is 1.61. The molecule has 0 saturated heterocycles. The van der Waals surface area contributed by atoms with Crippen molar-refractivity contribution in [3.05, 3.63) is 53.6 Å². The summed E-state index contributed by atoms with van der Waals surface area (Å²) < 4.78 is 11.0. The molecule has 0 heterocycles. The minimum atomic E-state index is -0.286. The zero-order valence-electron chi connectivity index (χ0n) is 19.3. The topological polar surface area (TPSA) is 84.0 Å². The number of carbonyl (C=O) groups is 1. The predicted octanol–water partition coefficient (Wildman–Crippen LogP) is 4.20. The zero-order valence-corrected chi connectivity index (χ0v) is 19.3. The van der Waals surface area contributed by atoms with Crippen LogP contribution < -0.4 is 25.4 Å². The average Bonchev–Trinajstić information content (AvgIpc) is 2.72. The van der Waals surface area contributed by atoms with E-state index in [-0.39, 0.29) is 11.4 Å². The van der Waals surface area contributed by atoms with Gasteiger partial charge in [-0.15, -0.1) is 0 Å². The first kappa shape index (κ1) is 24.1. The Morgan fingerprint density at radius 1 is 1.06 bits per heavy atom. The maximum atomic E-state index is 12.4. The minimum absolute atomic E-state index is 0.0927. The Labute approximate surface area is 185 Å². The minimum Gasteiger partial charge on any atom is -0.493 e. The van der Waals surface area contributed by atoms with Gasteiger partial charge >= 0.3 is 0 Å². The van der Waals surface area contributed by atoms with E-state index in [2.05, 4.69) is 20.9 Å². The largest absolute Gasteiger partial charge is 0.493 e. The van der Waals surface area contributed by atoms with E-state index in [0.29, 0.717) is 42.7 Å². The van der Waals surface area contributed by atoms with Gasteiger partial charge in [0.1, 0.15) is 0 Å². The standard InChI is InChI=1S/C24H34N4O3/c1-7-25-23(27-19-12-13-20(31-8-2)21(15-19)30-6)26-16-17-10-9-11-18(14-17)22(29)28-24(3,4)5/h9-15H,7-8,16H2,1-6H3,(H,28,29)(H2,25,26,27). The van der Waals surface area contributed by atoms with Crippen LogP contribution in [0.15, 0.2) is 47.5 Å². The zero-order chi connectivity index (χ0) is 22.9. The van der Waals surface area contributed by atoms with Crippen LogP contribution in [-0.2, 0) is 6.54 Å². The smallest absolute Gasteiger partial charge is 0.251 e. The number of carbonyl (C=O) groups excluding carboxylic acids is 1. The molecule has 0 unspecified atom stereocenters. The van der Waals surface area contributed by atoms with Crippen molar-refractivity contribution < 1.29 is 14.3 Å². The Bertz CT molecular complexity index is 904. The second-order valence-electron chi connectivity index (χ2n) is 8.02. The highest BCUT2D eigenvalue weighted by atomic mass is 16.5. The van der Waals surface area contributed by atoms with E-state index in [4.69, 9.17) is 9.47 Å². The summed E-state index contributed by atoms with van der Waals surface area (Å²) in [5, 5.41) is 9.50. The third-order valence-electron chi connectivity index (χ3n) is 4.17. The van der Waals surface area contributed by atoms with E-state index in [1.165, 1.54) is 0 Å². The number of aliphatic imine (C=N–C) groups is 1. The third kappa shape index (κ3) is 7.85. The summed E-state index contributed by atoms with van der Waals surface area (Å²) in [5.41, 5.74) is 2.12. The van der Waals surface area contributed by atoms with Gasteiger partial charge in [-0.05, 0) is 64.4 Å². The van der Waals surface area contributed by atoms with Crippen LogP contribution in [0.5, 0.6) is 11.5 Å². The molecule has 0 atom stereocenters. The highest BCUT2D eigenvalue weighted by Crippen LogP contribution is 2.30. The van der Waals surface area contributed by atoms with E-state index in [1.54, 1.807) is 7.11 Å². The Morgan fingerprint density at radius 3 is 2.48 bits per heavy atom. The van der Waals surface area contributed by atoms with Crippen molar-refractivity contribution in [1.29, 1.82) is 0 Å². The second kappa shape index (κ2) is 11.2. The van der Waals surface area contributed by atoms with Crippen molar-refractivity contribution in [1.82, 2.24) is 10.6 Å². The first-order chi connectivity index (χ1) is 14.8. The Hall–Kier alpha value is -3.22. The van der Waals surface area contributed by atoms with E-state index in [9.17, 15) is 4.79 Å². The molecule has 3 N–H and O–H groups in total. The average molecular weight is 427 g/mol. The molecule has 0 aliphatic heterocycles. The molecule has 0 aliphatic rings. The first-order valence-corrected chi connectivity index (χ1v) is 10.5. The number of guanidine groups is 1. The number of nitrogens with zero attached hydrogens (tertiary/aromatic N) is 1. The lowest BCUT2D eigenvalue weighted by molar-refractivity contribution is 0.0919. The van der Waals surface area contributed by atoms with E-state index >= 15 is 0 Å². The van der Waals surface area contributed by atoms with Gasteiger partial charge in [0.15, 0.2) is 17.5 Å². The molecule has 2 rings (SSSR count). The molecule has 2 aromatic rings. The molecular weight excluding hydrogens is 392 g/mol. The fourth-order valence-electron chi connectivity index (χ4n) is 2.86. The van der Waals surface area contributed by atoms with Gasteiger partial charge in [-0.25, -0.2) is 4.99 Å². The normalized spacial score (nSPS) is 11.6. The number of methoxy groups -OCH3 is 1. The highest BCUT2D eigenvalue weighted by Gasteiger charge is 2.15. The lowest BCUT2D eigenvalue weighted by Gasteiger charge is -2.20. The molecule has 31 heavy (non-hydrogen) atoms. The van der Waals surface area contributed by atoms with E-state index in [1.807, 2.05) is 77.1 Å². The predicted molar refractivity (Wildman–Crippen MR) is 126 cm³/mol. The highest BCUT2D eigenvalue weighted by molar-refractivity contribution is 5.95. The molecule has 0 saturated carbocycles. The van der Waals surface area contributed by atoms with Crippen molar-refractivity contribution in [2.24, 2.45) is 4.99 Å². The SMILES string of the molecule is CCNC(=NCc1cccc(C(=O)NC(C)(C)C)c1)Nc1ccc(OCC)c(OC)c1. The molecule has 7 heteroatoms. The van der Waals surface area contributed by atoms with Gasteiger partial charge in [0.05, 0.1) is 20.3 Å². The summed E-state index contributed by atoms with van der Waals surface area (Å²) in [4.78, 5) is 17.1. The quantitative estimate of drug-likeness (QED) is 0.435. The molecular formula is C24H34N4O3. The molecule has 0 bridgehead atoms. The first-order valence-electron chi connectivity index (χ1n) is 10.5. The van der Waals surface area contributed by atoms with Crippen LogP contribution in [0.2, 0.25) is 0 Å². The van der Waals surface area contributed by atoms with Crippen LogP contribution in [0.4, 0.5) is 5.69 Å². The van der Waals surface area contributed by atoms with Gasteiger partial charge in [0.2, 0.25) is 0 Å². The van der Waals surface area contributed by atoms with Gasteiger partial charge in [-0.2, -0.15) is 0 Å². The van der Waals surface area contributed by atoms with Gasteiger partial charge < -0.3 is 25.4 Å². The Kier molecular flexibility index (Phi) is 8.73. The summed E-state index contributed by atoms with van der Waals surface area (Å²) in [6.07, 6.45) is 0. The van der Waals surface area contributed by atoms with Gasteiger partial charge in [-0.1, -0.05) is 12.1 Å². The number of benzene rings is 2. The summed E-state index contributed by atoms with van der Waals surface area (Å²) >= 11 is 0. The van der Waals surface area contributed by atoms with Crippen LogP contribution in [0.25, 0.3) is 0 Å². The molecule has 2 aromatic carbocycles. The number of anilines is 1. The fraction of sp³-hybridized carbons (Fsp3) is 0.417. The van der Waals surface area contributed by atoms with Crippen molar-refractivity contribution in [3.63, 3.8) is 0 Å². The van der Waals surface area contributed by atoms with Crippen molar-refractivity contribution in [2.75, 3.05) is 25.6 Å². The lowest BCUT2D eigenvalue weighted by Crippen LogP contribution is -2.40. The molecule has 0 aliphatic carbocycles.